The number of hydrogen-bond donors (Lipinski definition) is 2. The zero-order valence-corrected chi connectivity index (χ0v) is 10.5. The highest BCUT2D eigenvalue weighted by Crippen LogP contribution is 2.13. The van der Waals surface area contributed by atoms with Crippen molar-refractivity contribution in [3.8, 4) is 0 Å². The number of benzene rings is 1. The Morgan fingerprint density at radius 3 is 2.79 bits per heavy atom. The Morgan fingerprint density at radius 2 is 2.11 bits per heavy atom. The fourth-order valence-corrected chi connectivity index (χ4v) is 1.86. The smallest absolute Gasteiger partial charge is 0.0922 e. The van der Waals surface area contributed by atoms with Gasteiger partial charge in [-0.3, -0.25) is 9.98 Å². The monoisotopic (exact) mass is 253 g/mol. The molecule has 0 bridgehead atoms. The molecule has 3 N–H and O–H groups in total. The van der Waals surface area contributed by atoms with E-state index in [1.54, 1.807) is 12.4 Å². The number of hydrogen-bond acceptors (Lipinski definition) is 5. The first kappa shape index (κ1) is 11.8. The minimum absolute atomic E-state index is 0.350. The molecule has 1 aliphatic rings. The third-order valence-corrected chi connectivity index (χ3v) is 3.11. The van der Waals surface area contributed by atoms with Crippen LogP contribution in [-0.4, -0.2) is 35.3 Å². The van der Waals surface area contributed by atoms with Gasteiger partial charge in [-0.2, -0.15) is 0 Å². The molecule has 0 unspecified atom stereocenters. The molecule has 1 saturated heterocycles. The number of aliphatic imine (C=N–C) groups is 1. The lowest BCUT2D eigenvalue weighted by Crippen LogP contribution is -2.45. The Kier molecular flexibility index (Phi) is 3.20. The van der Waals surface area contributed by atoms with Crippen molar-refractivity contribution in [2.45, 2.75) is 6.04 Å². The van der Waals surface area contributed by atoms with E-state index in [0.717, 1.165) is 35.4 Å². The van der Waals surface area contributed by atoms with E-state index in [9.17, 15) is 0 Å². The van der Waals surface area contributed by atoms with Crippen LogP contribution >= 0.6 is 0 Å². The predicted molar refractivity (Wildman–Crippen MR) is 76.9 cm³/mol. The number of allylic oxidation sites excluding steroid dienone is 1. The molecule has 2 aromatic rings. The molecule has 1 aromatic carbocycles. The van der Waals surface area contributed by atoms with Gasteiger partial charge in [0.15, 0.2) is 0 Å². The van der Waals surface area contributed by atoms with Crippen molar-refractivity contribution in [1.82, 2.24) is 15.3 Å². The van der Waals surface area contributed by atoms with Gasteiger partial charge in [0.05, 0.1) is 29.0 Å². The van der Waals surface area contributed by atoms with Crippen LogP contribution in [0.2, 0.25) is 0 Å². The summed E-state index contributed by atoms with van der Waals surface area (Å²) in [6, 6.07) is 8.12. The lowest BCUT2D eigenvalue weighted by molar-refractivity contribution is 0.449. The van der Waals surface area contributed by atoms with Crippen LogP contribution in [0.15, 0.2) is 41.7 Å². The van der Waals surface area contributed by atoms with Crippen molar-refractivity contribution >= 4 is 22.8 Å². The number of nitrogens with zero attached hydrogens (tertiary/aromatic N) is 3. The van der Waals surface area contributed by atoms with Gasteiger partial charge in [0, 0.05) is 31.1 Å². The molecule has 19 heavy (non-hydrogen) atoms. The summed E-state index contributed by atoms with van der Waals surface area (Å²) < 4.78 is 0. The van der Waals surface area contributed by atoms with E-state index in [0.29, 0.717) is 6.04 Å². The summed E-state index contributed by atoms with van der Waals surface area (Å²) in [5.41, 5.74) is 8.94. The van der Waals surface area contributed by atoms with Gasteiger partial charge >= 0.3 is 0 Å². The quantitative estimate of drug-likeness (QED) is 0.799. The van der Waals surface area contributed by atoms with Crippen LogP contribution in [0.1, 0.15) is 5.69 Å². The Morgan fingerprint density at radius 1 is 1.32 bits per heavy atom. The maximum Gasteiger partial charge on any atom is 0.0922 e. The summed E-state index contributed by atoms with van der Waals surface area (Å²) in [6.45, 7) is 1.86. The van der Waals surface area contributed by atoms with Gasteiger partial charge in [-0.1, -0.05) is 12.1 Å². The Labute approximate surface area is 111 Å². The average Bonchev–Trinajstić information content (AvgIpc) is 2.41. The summed E-state index contributed by atoms with van der Waals surface area (Å²) in [4.78, 5) is 13.4. The molecule has 1 fully saturated rings. The fraction of sp³-hybridized carbons (Fsp3) is 0.214. The molecular formula is C14H15N5. The van der Waals surface area contributed by atoms with Crippen molar-refractivity contribution < 1.29 is 0 Å². The fourth-order valence-electron chi connectivity index (χ4n) is 1.86. The highest BCUT2D eigenvalue weighted by atomic mass is 15.0. The normalized spacial score (nSPS) is 16.9. The molecule has 0 spiro atoms. The largest absolute Gasteiger partial charge is 0.404 e. The number of para-hydroxylation sites is 2. The summed E-state index contributed by atoms with van der Waals surface area (Å²) in [5.74, 6) is 0. The minimum Gasteiger partial charge on any atom is -0.404 e. The molecule has 2 heterocycles. The molecule has 3 rings (SSSR count). The first-order valence-electron chi connectivity index (χ1n) is 6.25. The van der Waals surface area contributed by atoms with Crippen LogP contribution in [0, 0.1) is 0 Å². The third kappa shape index (κ3) is 2.46. The van der Waals surface area contributed by atoms with Crippen LogP contribution in [-0.2, 0) is 0 Å². The highest BCUT2D eigenvalue weighted by Gasteiger charge is 2.14. The molecule has 1 aromatic heterocycles. The van der Waals surface area contributed by atoms with Crippen LogP contribution in [0.3, 0.4) is 0 Å². The zero-order chi connectivity index (χ0) is 13.1. The summed E-state index contributed by atoms with van der Waals surface area (Å²) in [7, 11) is 0. The second-order valence-corrected chi connectivity index (χ2v) is 4.46. The summed E-state index contributed by atoms with van der Waals surface area (Å²) in [5, 5.41) is 3.17. The molecule has 5 heteroatoms. The lowest BCUT2D eigenvalue weighted by Gasteiger charge is -2.22. The molecule has 0 amide bonds. The van der Waals surface area contributed by atoms with Gasteiger partial charge in [0.25, 0.3) is 0 Å². The number of rotatable bonds is 3. The maximum absolute atomic E-state index is 5.66. The molecule has 0 radical (unpaired) electrons. The van der Waals surface area contributed by atoms with Crippen LogP contribution in [0.4, 0.5) is 0 Å². The molecule has 0 aliphatic carbocycles. The van der Waals surface area contributed by atoms with Gasteiger partial charge < -0.3 is 11.1 Å². The lowest BCUT2D eigenvalue weighted by atomic mass is 10.2. The maximum atomic E-state index is 5.66. The van der Waals surface area contributed by atoms with E-state index < -0.39 is 0 Å². The van der Waals surface area contributed by atoms with Crippen molar-refractivity contribution in [2.24, 2.45) is 10.7 Å². The van der Waals surface area contributed by atoms with Crippen LogP contribution < -0.4 is 11.1 Å². The molecular weight excluding hydrogens is 238 g/mol. The van der Waals surface area contributed by atoms with E-state index in [-0.39, 0.29) is 0 Å². The molecule has 0 atom stereocenters. The topological polar surface area (TPSA) is 76.2 Å². The van der Waals surface area contributed by atoms with Crippen LogP contribution in [0.25, 0.3) is 16.6 Å². The van der Waals surface area contributed by atoms with Gasteiger partial charge in [-0.15, -0.1) is 0 Å². The third-order valence-electron chi connectivity index (χ3n) is 3.11. The number of aromatic nitrogens is 2. The van der Waals surface area contributed by atoms with Gasteiger partial charge in [-0.05, 0) is 12.1 Å². The van der Waals surface area contributed by atoms with Gasteiger partial charge in [0.1, 0.15) is 0 Å². The molecule has 96 valence electrons. The second-order valence-electron chi connectivity index (χ2n) is 4.46. The molecule has 5 nitrogen and oxygen atoms in total. The number of nitrogens with two attached hydrogens (primary N) is 1. The SMILES string of the molecule is NC=C(C=NC1CNC1)c1cnc2ccccc2n1. The summed E-state index contributed by atoms with van der Waals surface area (Å²) in [6.07, 6.45) is 5.03. The van der Waals surface area contributed by atoms with Crippen LogP contribution in [0.5, 0.6) is 0 Å². The van der Waals surface area contributed by atoms with E-state index in [1.807, 2.05) is 24.3 Å². The number of fused-ring (bicyclic) bond motifs is 1. The second kappa shape index (κ2) is 5.16. The minimum atomic E-state index is 0.350. The molecule has 0 saturated carbocycles. The Bertz CT molecular complexity index is 643. The Balaban J connectivity index is 1.90. The van der Waals surface area contributed by atoms with E-state index in [2.05, 4.69) is 20.3 Å². The Hall–Kier alpha value is -2.27. The van der Waals surface area contributed by atoms with Gasteiger partial charge in [0.2, 0.25) is 0 Å². The van der Waals surface area contributed by atoms with E-state index >= 15 is 0 Å². The number of nitrogens with one attached hydrogen (secondary N) is 1. The van der Waals surface area contributed by atoms with Crippen molar-refractivity contribution in [2.75, 3.05) is 13.1 Å². The van der Waals surface area contributed by atoms with Crippen molar-refractivity contribution in [3.63, 3.8) is 0 Å². The molecule has 1 aliphatic heterocycles. The van der Waals surface area contributed by atoms with Crippen molar-refractivity contribution in [3.05, 3.63) is 42.4 Å². The highest BCUT2D eigenvalue weighted by molar-refractivity contribution is 6.09. The average molecular weight is 253 g/mol. The zero-order valence-electron chi connectivity index (χ0n) is 10.5. The predicted octanol–water partition coefficient (Wildman–Crippen LogP) is 0.972. The van der Waals surface area contributed by atoms with E-state index in [1.165, 1.54) is 6.20 Å². The first-order valence-corrected chi connectivity index (χ1v) is 6.25. The van der Waals surface area contributed by atoms with E-state index in [4.69, 9.17) is 5.73 Å². The van der Waals surface area contributed by atoms with Gasteiger partial charge in [-0.25, -0.2) is 4.98 Å². The first-order chi connectivity index (χ1) is 9.36. The van der Waals surface area contributed by atoms with Crippen molar-refractivity contribution in [1.29, 1.82) is 0 Å². The standard InChI is InChI=1S/C14H15N5/c15-5-10(6-17-11-7-16-8-11)14-9-18-12-3-1-2-4-13(12)19-14/h1-6,9,11,16H,7-8,15H2. The summed E-state index contributed by atoms with van der Waals surface area (Å²) >= 11 is 0.